The molecule has 1 aromatic carbocycles. The van der Waals surface area contributed by atoms with Crippen LogP contribution in [0.1, 0.15) is 31.2 Å². The van der Waals surface area contributed by atoms with Crippen LogP contribution in [0.15, 0.2) is 35.2 Å². The first-order chi connectivity index (χ1) is 13.3. The highest BCUT2D eigenvalue weighted by molar-refractivity contribution is 7.89. The number of sulfonamides is 1. The number of aromatic amines is 1. The lowest BCUT2D eigenvalue weighted by atomic mass is 9.94. The van der Waals surface area contributed by atoms with Gasteiger partial charge in [-0.1, -0.05) is 6.07 Å². The molecule has 8 nitrogen and oxygen atoms in total. The molecular weight excluding hydrogens is 378 g/mol. The average molecular weight is 401 g/mol. The zero-order valence-corrected chi connectivity index (χ0v) is 16.3. The Balaban J connectivity index is 1.60. The summed E-state index contributed by atoms with van der Waals surface area (Å²) >= 11 is 0. The van der Waals surface area contributed by atoms with Gasteiger partial charge in [0.2, 0.25) is 10.0 Å². The predicted octanol–water partition coefficient (Wildman–Crippen LogP) is 2.10. The number of nitrogens with one attached hydrogen (secondary N) is 2. The van der Waals surface area contributed by atoms with E-state index in [0.29, 0.717) is 42.7 Å². The summed E-state index contributed by atoms with van der Waals surface area (Å²) in [6, 6.07) is 8.57. The second-order valence-electron chi connectivity index (χ2n) is 7.30. The van der Waals surface area contributed by atoms with Crippen molar-refractivity contribution >= 4 is 26.9 Å². The molecule has 0 spiro atoms. The van der Waals surface area contributed by atoms with E-state index in [0.717, 1.165) is 16.6 Å². The second kappa shape index (κ2) is 7.16. The molecule has 9 heteroatoms. The SMILES string of the molecule is Cc1cc(S(=O)(=O)N[C@H]2CC[C@H](O)CC2)ccc1-c1ccc2[nH]nc(N)c2n1. The molecule has 1 aliphatic carbocycles. The largest absolute Gasteiger partial charge is 0.393 e. The number of rotatable bonds is 4. The summed E-state index contributed by atoms with van der Waals surface area (Å²) < 4.78 is 28.3. The standard InChI is InChI=1S/C19H23N5O3S/c1-11-10-14(28(26,27)24-12-2-4-13(25)5-3-12)6-7-15(11)16-8-9-17-18(21-16)19(20)23-22-17/h6-10,12-13,24-25H,2-5H2,1H3,(H3,20,22,23)/t12-,13-. The number of aliphatic hydroxyl groups excluding tert-OH is 1. The van der Waals surface area contributed by atoms with Gasteiger partial charge in [0.1, 0.15) is 5.52 Å². The number of H-pyrrole nitrogens is 1. The van der Waals surface area contributed by atoms with E-state index >= 15 is 0 Å². The smallest absolute Gasteiger partial charge is 0.240 e. The van der Waals surface area contributed by atoms with E-state index in [2.05, 4.69) is 19.9 Å². The van der Waals surface area contributed by atoms with Gasteiger partial charge < -0.3 is 10.8 Å². The Morgan fingerprint density at radius 3 is 2.64 bits per heavy atom. The van der Waals surface area contributed by atoms with Crippen LogP contribution in [-0.2, 0) is 10.0 Å². The van der Waals surface area contributed by atoms with Gasteiger partial charge in [0, 0.05) is 11.6 Å². The van der Waals surface area contributed by atoms with Crippen molar-refractivity contribution in [3.8, 4) is 11.3 Å². The Bertz CT molecular complexity index is 1120. The molecule has 28 heavy (non-hydrogen) atoms. The van der Waals surface area contributed by atoms with Crippen molar-refractivity contribution in [3.05, 3.63) is 35.9 Å². The fourth-order valence-corrected chi connectivity index (χ4v) is 5.03. The Kier molecular flexibility index (Phi) is 4.82. The maximum Gasteiger partial charge on any atom is 0.240 e. The summed E-state index contributed by atoms with van der Waals surface area (Å²) in [6.45, 7) is 1.86. The van der Waals surface area contributed by atoms with Crippen LogP contribution in [0.3, 0.4) is 0 Å². The van der Waals surface area contributed by atoms with Crippen molar-refractivity contribution in [2.24, 2.45) is 0 Å². The van der Waals surface area contributed by atoms with Gasteiger partial charge in [-0.05, 0) is 62.4 Å². The van der Waals surface area contributed by atoms with Crippen LogP contribution in [-0.4, -0.2) is 40.9 Å². The van der Waals surface area contributed by atoms with Gasteiger partial charge in [0.25, 0.3) is 0 Å². The number of fused-ring (bicyclic) bond motifs is 1. The van der Waals surface area contributed by atoms with Gasteiger partial charge in [-0.2, -0.15) is 5.10 Å². The van der Waals surface area contributed by atoms with E-state index in [1.54, 1.807) is 18.2 Å². The number of hydrogen-bond acceptors (Lipinski definition) is 6. The van der Waals surface area contributed by atoms with E-state index in [1.165, 1.54) is 0 Å². The number of benzene rings is 1. The van der Waals surface area contributed by atoms with Gasteiger partial charge in [0.05, 0.1) is 22.2 Å². The molecule has 4 rings (SSSR count). The maximum absolute atomic E-state index is 12.7. The summed E-state index contributed by atoms with van der Waals surface area (Å²) in [5, 5.41) is 16.3. The molecule has 5 N–H and O–H groups in total. The topological polar surface area (TPSA) is 134 Å². The fraction of sp³-hybridized carbons (Fsp3) is 0.368. The summed E-state index contributed by atoms with van der Waals surface area (Å²) in [6.07, 6.45) is 2.21. The molecule has 0 unspecified atom stereocenters. The summed E-state index contributed by atoms with van der Waals surface area (Å²) in [7, 11) is -3.62. The van der Waals surface area contributed by atoms with Crippen LogP contribution in [0.5, 0.6) is 0 Å². The van der Waals surface area contributed by atoms with Crippen molar-refractivity contribution in [3.63, 3.8) is 0 Å². The highest BCUT2D eigenvalue weighted by atomic mass is 32.2. The number of aromatic nitrogens is 3. The fourth-order valence-electron chi connectivity index (χ4n) is 3.64. The minimum Gasteiger partial charge on any atom is -0.393 e. The summed E-state index contributed by atoms with van der Waals surface area (Å²) in [4.78, 5) is 4.78. The number of nitrogen functional groups attached to an aromatic ring is 1. The number of aliphatic hydroxyl groups is 1. The van der Waals surface area contributed by atoms with E-state index in [-0.39, 0.29) is 17.0 Å². The average Bonchev–Trinajstić information content (AvgIpc) is 3.04. The van der Waals surface area contributed by atoms with Crippen LogP contribution in [0.4, 0.5) is 5.82 Å². The van der Waals surface area contributed by atoms with E-state index < -0.39 is 10.0 Å². The predicted molar refractivity (Wildman–Crippen MR) is 107 cm³/mol. The van der Waals surface area contributed by atoms with Crippen LogP contribution in [0.25, 0.3) is 22.3 Å². The highest BCUT2D eigenvalue weighted by Gasteiger charge is 2.25. The molecule has 0 aliphatic heterocycles. The lowest BCUT2D eigenvalue weighted by Crippen LogP contribution is -2.38. The number of nitrogens with two attached hydrogens (primary N) is 1. The number of pyridine rings is 1. The van der Waals surface area contributed by atoms with Gasteiger partial charge in [-0.3, -0.25) is 5.10 Å². The lowest BCUT2D eigenvalue weighted by Gasteiger charge is -2.26. The normalized spacial score (nSPS) is 20.5. The zero-order valence-electron chi connectivity index (χ0n) is 15.5. The number of aryl methyl sites for hydroxylation is 1. The van der Waals surface area contributed by atoms with Crippen molar-refractivity contribution in [2.75, 3.05) is 5.73 Å². The van der Waals surface area contributed by atoms with Gasteiger partial charge in [0.15, 0.2) is 5.82 Å². The molecule has 0 atom stereocenters. The first-order valence-electron chi connectivity index (χ1n) is 9.25. The van der Waals surface area contributed by atoms with Crippen LogP contribution in [0.2, 0.25) is 0 Å². The molecule has 148 valence electrons. The van der Waals surface area contributed by atoms with Crippen LogP contribution >= 0.6 is 0 Å². The quantitative estimate of drug-likeness (QED) is 0.529. The summed E-state index contributed by atoms with van der Waals surface area (Å²) in [5.41, 5.74) is 9.52. The molecule has 2 heterocycles. The molecule has 3 aromatic rings. The molecule has 0 radical (unpaired) electrons. The Morgan fingerprint density at radius 2 is 1.93 bits per heavy atom. The number of anilines is 1. The third-order valence-electron chi connectivity index (χ3n) is 5.24. The third kappa shape index (κ3) is 3.60. The molecule has 2 aromatic heterocycles. The zero-order chi connectivity index (χ0) is 19.9. The Hall–Kier alpha value is -2.49. The van der Waals surface area contributed by atoms with E-state index in [4.69, 9.17) is 5.73 Å². The van der Waals surface area contributed by atoms with Crippen molar-refractivity contribution in [2.45, 2.75) is 49.6 Å². The first kappa shape index (κ1) is 18.9. The van der Waals surface area contributed by atoms with Crippen LogP contribution < -0.4 is 10.5 Å². The maximum atomic E-state index is 12.7. The number of hydrogen-bond donors (Lipinski definition) is 4. The molecule has 0 saturated heterocycles. The Labute approximate surface area is 163 Å². The number of nitrogens with zero attached hydrogens (tertiary/aromatic N) is 2. The van der Waals surface area contributed by atoms with E-state index in [1.807, 2.05) is 19.1 Å². The molecule has 1 aliphatic rings. The molecule has 0 amide bonds. The van der Waals surface area contributed by atoms with Crippen molar-refractivity contribution in [1.82, 2.24) is 19.9 Å². The van der Waals surface area contributed by atoms with Gasteiger partial charge in [-0.15, -0.1) is 0 Å². The second-order valence-corrected chi connectivity index (χ2v) is 9.02. The van der Waals surface area contributed by atoms with E-state index in [9.17, 15) is 13.5 Å². The molecule has 0 bridgehead atoms. The van der Waals surface area contributed by atoms with Crippen molar-refractivity contribution in [1.29, 1.82) is 0 Å². The minimum atomic E-state index is -3.62. The lowest BCUT2D eigenvalue weighted by molar-refractivity contribution is 0.120. The highest BCUT2D eigenvalue weighted by Crippen LogP contribution is 2.28. The van der Waals surface area contributed by atoms with Crippen LogP contribution in [0, 0.1) is 6.92 Å². The monoisotopic (exact) mass is 401 g/mol. The van der Waals surface area contributed by atoms with Crippen molar-refractivity contribution < 1.29 is 13.5 Å². The summed E-state index contributed by atoms with van der Waals surface area (Å²) in [5.74, 6) is 0.329. The molecule has 1 fully saturated rings. The third-order valence-corrected chi connectivity index (χ3v) is 6.76. The van der Waals surface area contributed by atoms with Gasteiger partial charge in [-0.25, -0.2) is 18.1 Å². The Morgan fingerprint density at radius 1 is 1.18 bits per heavy atom. The molecular formula is C19H23N5O3S. The first-order valence-corrected chi connectivity index (χ1v) is 10.7. The minimum absolute atomic E-state index is 0.137. The molecule has 1 saturated carbocycles. The van der Waals surface area contributed by atoms with Gasteiger partial charge >= 0.3 is 0 Å².